The van der Waals surface area contributed by atoms with Crippen molar-refractivity contribution < 1.29 is 13.6 Å². The minimum Gasteiger partial charge on any atom is -0.408 e. The van der Waals surface area contributed by atoms with Crippen molar-refractivity contribution in [2.24, 2.45) is 0 Å². The Kier molecular flexibility index (Phi) is 5.16. The Balaban J connectivity index is 2.19. The molecule has 0 saturated carbocycles. The van der Waals surface area contributed by atoms with Crippen molar-refractivity contribution in [1.29, 1.82) is 0 Å². The van der Waals surface area contributed by atoms with Gasteiger partial charge in [0.2, 0.25) is 0 Å². The first-order valence-corrected chi connectivity index (χ1v) is 9.38. The minimum absolute atomic E-state index is 0.133. The summed E-state index contributed by atoms with van der Waals surface area (Å²) in [5.41, 5.74) is 0. The van der Waals surface area contributed by atoms with Gasteiger partial charge in [0.15, 0.2) is 0 Å². The summed E-state index contributed by atoms with van der Waals surface area (Å²) in [5, 5.41) is 0.133. The van der Waals surface area contributed by atoms with Crippen LogP contribution >= 0.6 is 18.2 Å². The van der Waals surface area contributed by atoms with Gasteiger partial charge in [-0.2, -0.15) is 0 Å². The molecule has 0 atom stereocenters. The van der Waals surface area contributed by atoms with Gasteiger partial charge in [0, 0.05) is 5.25 Å². The fourth-order valence-electron chi connectivity index (χ4n) is 1.54. The summed E-state index contributed by atoms with van der Waals surface area (Å²) in [5.74, 6) is 1.08. The molecule has 2 aromatic carbocycles. The van der Waals surface area contributed by atoms with E-state index in [1.165, 1.54) is 11.4 Å². The largest absolute Gasteiger partial charge is 0.493 e. The monoisotopic (exact) mass is 308 g/mol. The second kappa shape index (κ2) is 6.87. The highest BCUT2D eigenvalue weighted by Gasteiger charge is 2.30. The molecule has 20 heavy (non-hydrogen) atoms. The number of para-hydroxylation sites is 2. The van der Waals surface area contributed by atoms with Gasteiger partial charge in [-0.3, -0.25) is 0 Å². The van der Waals surface area contributed by atoms with Crippen molar-refractivity contribution >= 4 is 18.2 Å². The number of rotatable bonds is 6. The molecule has 2 aromatic rings. The molecular formula is C15H17O3PS. The molecule has 0 unspecified atom stereocenters. The molecule has 106 valence electrons. The molecule has 5 heteroatoms. The van der Waals surface area contributed by atoms with Gasteiger partial charge in [-0.15, -0.1) is 0 Å². The van der Waals surface area contributed by atoms with Crippen molar-refractivity contribution in [3.05, 3.63) is 60.7 Å². The molecule has 0 bridgehead atoms. The SMILES string of the molecule is CC(C)SP(=O)(Oc1ccccc1)Oc1ccccc1. The highest BCUT2D eigenvalue weighted by Crippen LogP contribution is 2.61. The Hall–Kier alpha value is -1.38. The summed E-state index contributed by atoms with van der Waals surface area (Å²) in [4.78, 5) is 0. The third-order valence-electron chi connectivity index (χ3n) is 2.26. The lowest BCUT2D eigenvalue weighted by Crippen LogP contribution is -2.01. The molecular weight excluding hydrogens is 291 g/mol. The number of hydrogen-bond donors (Lipinski definition) is 0. The predicted molar refractivity (Wildman–Crippen MR) is 84.5 cm³/mol. The van der Waals surface area contributed by atoms with Crippen LogP contribution in [0.25, 0.3) is 0 Å². The van der Waals surface area contributed by atoms with E-state index in [0.717, 1.165) is 0 Å². The lowest BCUT2D eigenvalue weighted by molar-refractivity contribution is 0.408. The van der Waals surface area contributed by atoms with Crippen LogP contribution in [0.2, 0.25) is 0 Å². The minimum atomic E-state index is -3.30. The Bertz CT molecular complexity index is 527. The average Bonchev–Trinajstić information content (AvgIpc) is 2.39. The van der Waals surface area contributed by atoms with Crippen LogP contribution < -0.4 is 9.05 Å². The average molecular weight is 308 g/mol. The third kappa shape index (κ3) is 4.62. The van der Waals surface area contributed by atoms with E-state index in [1.54, 1.807) is 24.3 Å². The molecule has 0 spiro atoms. The van der Waals surface area contributed by atoms with E-state index in [0.29, 0.717) is 11.5 Å². The summed E-state index contributed by atoms with van der Waals surface area (Å²) >= 11 is 1.20. The summed E-state index contributed by atoms with van der Waals surface area (Å²) in [6, 6.07) is 18.2. The van der Waals surface area contributed by atoms with Crippen molar-refractivity contribution in [1.82, 2.24) is 0 Å². The molecule has 0 heterocycles. The first-order chi connectivity index (χ1) is 9.57. The first kappa shape index (κ1) is 15.0. The van der Waals surface area contributed by atoms with E-state index in [4.69, 9.17) is 9.05 Å². The predicted octanol–water partition coefficient (Wildman–Crippen LogP) is 5.39. The summed E-state index contributed by atoms with van der Waals surface area (Å²) in [7, 11) is 0. The van der Waals surface area contributed by atoms with Gasteiger partial charge in [0.1, 0.15) is 11.5 Å². The quantitative estimate of drug-likeness (QED) is 0.670. The Labute approximate surface area is 123 Å². The van der Waals surface area contributed by atoms with Crippen LogP contribution in [-0.2, 0) is 4.57 Å². The molecule has 0 N–H and O–H groups in total. The molecule has 0 saturated heterocycles. The van der Waals surface area contributed by atoms with Crippen LogP contribution in [0.5, 0.6) is 11.5 Å². The summed E-state index contributed by atoms with van der Waals surface area (Å²) < 4.78 is 24.1. The normalized spacial score (nSPS) is 11.3. The zero-order valence-corrected chi connectivity index (χ0v) is 13.1. The van der Waals surface area contributed by atoms with Gasteiger partial charge in [0.25, 0.3) is 0 Å². The molecule has 0 aromatic heterocycles. The second-order valence-electron chi connectivity index (χ2n) is 4.41. The van der Waals surface area contributed by atoms with E-state index in [1.807, 2.05) is 50.2 Å². The number of benzene rings is 2. The first-order valence-electron chi connectivity index (χ1n) is 6.35. The van der Waals surface area contributed by atoms with E-state index >= 15 is 0 Å². The van der Waals surface area contributed by atoms with Gasteiger partial charge >= 0.3 is 6.80 Å². The Morgan fingerprint density at radius 1 is 0.850 bits per heavy atom. The van der Waals surface area contributed by atoms with E-state index in [9.17, 15) is 4.57 Å². The molecule has 3 nitrogen and oxygen atoms in total. The van der Waals surface area contributed by atoms with Crippen LogP contribution in [-0.4, -0.2) is 5.25 Å². The fraction of sp³-hybridized carbons (Fsp3) is 0.200. The van der Waals surface area contributed by atoms with Crippen LogP contribution in [0.3, 0.4) is 0 Å². The Morgan fingerprint density at radius 2 is 1.25 bits per heavy atom. The molecule has 0 aliphatic carbocycles. The van der Waals surface area contributed by atoms with Gasteiger partial charge in [-0.1, -0.05) is 50.2 Å². The van der Waals surface area contributed by atoms with Gasteiger partial charge in [-0.05, 0) is 35.6 Å². The molecule has 0 radical (unpaired) electrons. The van der Waals surface area contributed by atoms with Crippen LogP contribution in [0.15, 0.2) is 60.7 Å². The molecule has 0 aliphatic heterocycles. The molecule has 0 fully saturated rings. The van der Waals surface area contributed by atoms with Crippen LogP contribution in [0.4, 0.5) is 0 Å². The van der Waals surface area contributed by atoms with Gasteiger partial charge in [-0.25, -0.2) is 4.57 Å². The van der Waals surface area contributed by atoms with Crippen LogP contribution in [0, 0.1) is 0 Å². The highest BCUT2D eigenvalue weighted by atomic mass is 32.7. The smallest absolute Gasteiger partial charge is 0.408 e. The molecule has 0 amide bonds. The number of hydrogen-bond acceptors (Lipinski definition) is 4. The highest BCUT2D eigenvalue weighted by molar-refractivity contribution is 8.55. The van der Waals surface area contributed by atoms with Crippen molar-refractivity contribution in [2.45, 2.75) is 19.1 Å². The topological polar surface area (TPSA) is 35.5 Å². The lowest BCUT2D eigenvalue weighted by atomic mass is 10.3. The maximum absolute atomic E-state index is 12.9. The van der Waals surface area contributed by atoms with E-state index < -0.39 is 6.80 Å². The van der Waals surface area contributed by atoms with Crippen molar-refractivity contribution in [3.8, 4) is 11.5 Å². The lowest BCUT2D eigenvalue weighted by Gasteiger charge is -2.20. The fourth-order valence-corrected chi connectivity index (χ4v) is 5.26. The zero-order valence-electron chi connectivity index (χ0n) is 11.4. The summed E-state index contributed by atoms with van der Waals surface area (Å²) in [6.45, 7) is 0.614. The van der Waals surface area contributed by atoms with Crippen molar-refractivity contribution in [2.75, 3.05) is 0 Å². The molecule has 2 rings (SSSR count). The van der Waals surface area contributed by atoms with E-state index in [-0.39, 0.29) is 5.25 Å². The van der Waals surface area contributed by atoms with E-state index in [2.05, 4.69) is 0 Å². The van der Waals surface area contributed by atoms with Gasteiger partial charge in [0.05, 0.1) is 0 Å². The summed E-state index contributed by atoms with van der Waals surface area (Å²) in [6.07, 6.45) is 0. The van der Waals surface area contributed by atoms with Gasteiger partial charge < -0.3 is 9.05 Å². The maximum Gasteiger partial charge on any atom is 0.493 e. The third-order valence-corrected chi connectivity index (χ3v) is 6.30. The standard InChI is InChI=1S/C15H17O3PS/c1-13(2)20-19(16,17-14-9-5-3-6-10-14)18-15-11-7-4-8-12-15/h3-13H,1-2H3. The maximum atomic E-state index is 12.9. The molecule has 0 aliphatic rings. The zero-order chi connectivity index (χ0) is 14.4. The van der Waals surface area contributed by atoms with Crippen molar-refractivity contribution in [3.63, 3.8) is 0 Å². The Morgan fingerprint density at radius 3 is 1.60 bits per heavy atom. The van der Waals surface area contributed by atoms with Crippen LogP contribution in [0.1, 0.15) is 13.8 Å². The second-order valence-corrected chi connectivity index (χ2v) is 8.80.